The number of amides is 1. The van der Waals surface area contributed by atoms with Crippen LogP contribution in [-0.4, -0.2) is 29.0 Å². The van der Waals surface area contributed by atoms with Gasteiger partial charge >= 0.3 is 5.97 Å². The van der Waals surface area contributed by atoms with Gasteiger partial charge in [-0.3, -0.25) is 4.79 Å². The zero-order valence-electron chi connectivity index (χ0n) is 18.2. The summed E-state index contributed by atoms with van der Waals surface area (Å²) in [5.74, 6) is -0.766. The molecule has 1 heterocycles. The van der Waals surface area contributed by atoms with E-state index in [2.05, 4.69) is 17.2 Å². The van der Waals surface area contributed by atoms with Gasteiger partial charge in [-0.05, 0) is 39.3 Å². The molecule has 1 rings (SSSR count). The number of aromatic nitrogens is 1. The molecule has 1 amide bonds. The molecule has 0 saturated carbocycles. The third-order valence-corrected chi connectivity index (χ3v) is 4.41. The van der Waals surface area contributed by atoms with E-state index in [1.807, 2.05) is 0 Å². The lowest BCUT2D eigenvalue weighted by Gasteiger charge is -2.19. The highest BCUT2D eigenvalue weighted by atomic mass is 16.6. The van der Waals surface area contributed by atoms with Crippen LogP contribution in [0.25, 0.3) is 0 Å². The fourth-order valence-corrected chi connectivity index (χ4v) is 2.91. The quantitative estimate of drug-likeness (QED) is 0.347. The molecule has 0 fully saturated rings. The zero-order valence-corrected chi connectivity index (χ0v) is 18.2. The minimum Gasteiger partial charge on any atom is -0.455 e. The number of nitrogens with zero attached hydrogens (tertiary/aromatic N) is 1. The highest BCUT2D eigenvalue weighted by Gasteiger charge is 2.19. The third-order valence-electron chi connectivity index (χ3n) is 4.41. The molecule has 0 radical (unpaired) electrons. The van der Waals surface area contributed by atoms with Crippen molar-refractivity contribution in [2.45, 2.75) is 97.5 Å². The second-order valence-corrected chi connectivity index (χ2v) is 8.35. The van der Waals surface area contributed by atoms with E-state index in [-0.39, 0.29) is 17.3 Å². The first-order valence-corrected chi connectivity index (χ1v) is 10.8. The van der Waals surface area contributed by atoms with E-state index >= 15 is 0 Å². The standard InChI is InChI=1S/C23H38N2O3/c1-5-6-7-8-9-10-11-12-13-14-18-24-21(26)19-16-15-17-20(25-19)22(27)28-23(2,3)4/h15-17H,5-14,18H2,1-4H3,(H,24,26). The minimum atomic E-state index is -0.591. The smallest absolute Gasteiger partial charge is 0.357 e. The lowest BCUT2D eigenvalue weighted by atomic mass is 10.1. The van der Waals surface area contributed by atoms with Crippen LogP contribution in [0, 0.1) is 0 Å². The van der Waals surface area contributed by atoms with Crippen LogP contribution < -0.4 is 5.32 Å². The van der Waals surface area contributed by atoms with Crippen molar-refractivity contribution in [1.82, 2.24) is 10.3 Å². The maximum Gasteiger partial charge on any atom is 0.357 e. The summed E-state index contributed by atoms with van der Waals surface area (Å²) in [5.41, 5.74) is -0.191. The van der Waals surface area contributed by atoms with Crippen LogP contribution in [0.15, 0.2) is 18.2 Å². The zero-order chi connectivity index (χ0) is 20.8. The number of rotatable bonds is 13. The Labute approximate surface area is 170 Å². The van der Waals surface area contributed by atoms with Gasteiger partial charge in [0.25, 0.3) is 5.91 Å². The van der Waals surface area contributed by atoms with E-state index in [0.717, 1.165) is 12.8 Å². The molecule has 0 bridgehead atoms. The van der Waals surface area contributed by atoms with Gasteiger partial charge < -0.3 is 10.1 Å². The Bertz CT molecular complexity index is 594. The molecule has 0 unspecified atom stereocenters. The maximum absolute atomic E-state index is 12.2. The topological polar surface area (TPSA) is 68.3 Å². The first kappa shape index (κ1) is 24.1. The number of carbonyl (C=O) groups excluding carboxylic acids is 2. The Kier molecular flexibility index (Phi) is 11.5. The average Bonchev–Trinajstić information content (AvgIpc) is 2.64. The number of hydrogen-bond donors (Lipinski definition) is 1. The maximum atomic E-state index is 12.2. The summed E-state index contributed by atoms with van der Waals surface area (Å²) in [5, 5.41) is 2.89. The van der Waals surface area contributed by atoms with Crippen molar-refractivity contribution >= 4 is 11.9 Å². The minimum absolute atomic E-state index is 0.154. The Morgan fingerprint density at radius 2 is 1.43 bits per heavy atom. The summed E-state index contributed by atoms with van der Waals surface area (Å²) in [6, 6.07) is 4.83. The van der Waals surface area contributed by atoms with E-state index in [1.54, 1.807) is 39.0 Å². The molecule has 28 heavy (non-hydrogen) atoms. The van der Waals surface area contributed by atoms with Crippen LogP contribution in [-0.2, 0) is 4.74 Å². The Hall–Kier alpha value is -1.91. The largest absolute Gasteiger partial charge is 0.455 e. The summed E-state index contributed by atoms with van der Waals surface area (Å²) < 4.78 is 5.30. The van der Waals surface area contributed by atoms with E-state index in [0.29, 0.717) is 6.54 Å². The predicted octanol–water partition coefficient (Wildman–Crippen LogP) is 5.69. The van der Waals surface area contributed by atoms with Gasteiger partial charge in [0, 0.05) is 6.54 Å². The van der Waals surface area contributed by atoms with Gasteiger partial charge in [0.1, 0.15) is 17.0 Å². The molecule has 0 atom stereocenters. The van der Waals surface area contributed by atoms with Crippen LogP contribution in [0.4, 0.5) is 0 Å². The SMILES string of the molecule is CCCCCCCCCCCCNC(=O)c1cccc(C(=O)OC(C)(C)C)n1. The van der Waals surface area contributed by atoms with E-state index in [1.165, 1.54) is 51.4 Å². The van der Waals surface area contributed by atoms with Gasteiger partial charge in [-0.25, -0.2) is 9.78 Å². The number of hydrogen-bond acceptors (Lipinski definition) is 4. The summed E-state index contributed by atoms with van der Waals surface area (Å²) in [6.07, 6.45) is 12.6. The van der Waals surface area contributed by atoms with Crippen molar-refractivity contribution in [3.05, 3.63) is 29.6 Å². The van der Waals surface area contributed by atoms with Crippen molar-refractivity contribution < 1.29 is 14.3 Å². The van der Waals surface area contributed by atoms with Gasteiger partial charge in [-0.1, -0.05) is 70.8 Å². The number of esters is 1. The lowest BCUT2D eigenvalue weighted by molar-refractivity contribution is 0.00627. The van der Waals surface area contributed by atoms with Crippen molar-refractivity contribution in [3.8, 4) is 0 Å². The Morgan fingerprint density at radius 1 is 0.893 bits per heavy atom. The summed E-state index contributed by atoms with van der Waals surface area (Å²) >= 11 is 0. The van der Waals surface area contributed by atoms with Gasteiger partial charge in [0.15, 0.2) is 0 Å². The molecule has 0 saturated heterocycles. The molecule has 0 spiro atoms. The molecule has 158 valence electrons. The van der Waals surface area contributed by atoms with E-state index < -0.39 is 11.6 Å². The van der Waals surface area contributed by atoms with Crippen LogP contribution >= 0.6 is 0 Å². The molecule has 0 aliphatic rings. The number of ether oxygens (including phenoxy) is 1. The van der Waals surface area contributed by atoms with Crippen molar-refractivity contribution in [2.75, 3.05) is 6.54 Å². The van der Waals surface area contributed by atoms with Gasteiger partial charge in [0.2, 0.25) is 0 Å². The molecule has 5 heteroatoms. The number of unbranched alkanes of at least 4 members (excludes halogenated alkanes) is 9. The summed E-state index contributed by atoms with van der Waals surface area (Å²) in [4.78, 5) is 28.5. The predicted molar refractivity (Wildman–Crippen MR) is 114 cm³/mol. The Morgan fingerprint density at radius 3 is 2.00 bits per heavy atom. The average molecular weight is 391 g/mol. The second kappa shape index (κ2) is 13.3. The molecule has 1 aromatic heterocycles. The molecule has 0 aromatic carbocycles. The van der Waals surface area contributed by atoms with Crippen LogP contribution in [0.5, 0.6) is 0 Å². The first-order chi connectivity index (χ1) is 13.3. The van der Waals surface area contributed by atoms with Crippen LogP contribution in [0.2, 0.25) is 0 Å². The number of carbonyl (C=O) groups is 2. The first-order valence-electron chi connectivity index (χ1n) is 10.8. The second-order valence-electron chi connectivity index (χ2n) is 8.35. The molecular formula is C23H38N2O3. The van der Waals surface area contributed by atoms with Crippen molar-refractivity contribution in [3.63, 3.8) is 0 Å². The van der Waals surface area contributed by atoms with Crippen molar-refractivity contribution in [1.29, 1.82) is 0 Å². The fraction of sp³-hybridized carbons (Fsp3) is 0.696. The molecule has 5 nitrogen and oxygen atoms in total. The molecule has 1 aromatic rings. The number of pyridine rings is 1. The highest BCUT2D eigenvalue weighted by molar-refractivity contribution is 5.94. The van der Waals surface area contributed by atoms with Gasteiger partial charge in [0.05, 0.1) is 0 Å². The fourth-order valence-electron chi connectivity index (χ4n) is 2.91. The van der Waals surface area contributed by atoms with Gasteiger partial charge in [-0.2, -0.15) is 0 Å². The lowest BCUT2D eigenvalue weighted by Crippen LogP contribution is -2.27. The summed E-state index contributed by atoms with van der Waals surface area (Å²) in [6.45, 7) is 8.27. The van der Waals surface area contributed by atoms with E-state index in [9.17, 15) is 9.59 Å². The number of nitrogens with one attached hydrogen (secondary N) is 1. The normalized spacial score (nSPS) is 11.3. The highest BCUT2D eigenvalue weighted by Crippen LogP contribution is 2.12. The Balaban J connectivity index is 2.22. The third kappa shape index (κ3) is 11.1. The molecule has 0 aliphatic carbocycles. The van der Waals surface area contributed by atoms with Crippen LogP contribution in [0.1, 0.15) is 113 Å². The molecule has 1 N–H and O–H groups in total. The molecule has 0 aliphatic heterocycles. The monoisotopic (exact) mass is 390 g/mol. The van der Waals surface area contributed by atoms with E-state index in [4.69, 9.17) is 4.74 Å². The van der Waals surface area contributed by atoms with Crippen molar-refractivity contribution in [2.24, 2.45) is 0 Å². The van der Waals surface area contributed by atoms with Crippen LogP contribution in [0.3, 0.4) is 0 Å². The summed E-state index contributed by atoms with van der Waals surface area (Å²) in [7, 11) is 0. The van der Waals surface area contributed by atoms with Gasteiger partial charge in [-0.15, -0.1) is 0 Å². The molecular weight excluding hydrogens is 352 g/mol.